The Morgan fingerprint density at radius 2 is 1.70 bits per heavy atom. The number of ether oxygens (including phenoxy) is 2. The topological polar surface area (TPSA) is 80.2 Å². The Kier molecular flexibility index (Phi) is 10.3. The molecule has 0 saturated carbocycles. The number of benzene rings is 4. The predicted octanol–water partition coefficient (Wildman–Crippen LogP) is 7.99. The lowest BCUT2D eigenvalue weighted by molar-refractivity contribution is -0.129. The van der Waals surface area contributed by atoms with E-state index >= 15 is 0 Å². The third-order valence-electron chi connectivity index (χ3n) is 7.06. The maximum absolute atomic E-state index is 14.4. The van der Waals surface area contributed by atoms with Crippen LogP contribution >= 0.6 is 50.7 Å². The Balaban J connectivity index is 1.58. The molecule has 1 amide bonds. The molecule has 43 heavy (non-hydrogen) atoms. The number of hydrogen-bond donors (Lipinski definition) is 2. The van der Waals surface area contributed by atoms with E-state index in [0.29, 0.717) is 50.9 Å². The van der Waals surface area contributed by atoms with Crippen molar-refractivity contribution < 1.29 is 19.4 Å². The summed E-state index contributed by atoms with van der Waals surface area (Å²) in [5.74, 6) is 0.619. The van der Waals surface area contributed by atoms with Gasteiger partial charge in [0.2, 0.25) is 5.90 Å². The lowest BCUT2D eigenvalue weighted by Crippen LogP contribution is -2.49. The van der Waals surface area contributed by atoms with Gasteiger partial charge in [0.05, 0.1) is 6.61 Å². The van der Waals surface area contributed by atoms with Crippen molar-refractivity contribution in [3.8, 4) is 5.75 Å². The molecular formula is C33H28BrCl3N2O4. The molecule has 10 heteroatoms. The average molecular weight is 703 g/mol. The zero-order chi connectivity index (χ0) is 30.4. The fourth-order valence-corrected chi connectivity index (χ4v) is 5.90. The summed E-state index contributed by atoms with van der Waals surface area (Å²) in [4.78, 5) is 19.5. The summed E-state index contributed by atoms with van der Waals surface area (Å²) < 4.78 is 13.1. The van der Waals surface area contributed by atoms with Crippen LogP contribution in [-0.2, 0) is 22.5 Å². The first-order valence-corrected chi connectivity index (χ1v) is 15.5. The molecule has 0 aliphatic carbocycles. The van der Waals surface area contributed by atoms with Crippen molar-refractivity contribution in [2.45, 2.75) is 31.0 Å². The molecule has 5 rings (SSSR count). The Morgan fingerprint density at radius 1 is 0.977 bits per heavy atom. The van der Waals surface area contributed by atoms with Gasteiger partial charge in [0.25, 0.3) is 5.91 Å². The number of rotatable bonds is 11. The van der Waals surface area contributed by atoms with Gasteiger partial charge in [-0.25, -0.2) is 4.99 Å². The number of aliphatic hydroxyl groups excluding tert-OH is 1. The van der Waals surface area contributed by atoms with Gasteiger partial charge >= 0.3 is 0 Å². The zero-order valence-corrected chi connectivity index (χ0v) is 26.8. The second kappa shape index (κ2) is 14.1. The number of aliphatic hydroxyl groups is 1. The number of nitrogens with zero attached hydrogens (tertiary/aromatic N) is 1. The molecule has 0 bridgehead atoms. The molecule has 1 heterocycles. The summed E-state index contributed by atoms with van der Waals surface area (Å²) in [6.45, 7) is 0.712. The van der Waals surface area contributed by atoms with Gasteiger partial charge in [0.15, 0.2) is 11.6 Å². The highest BCUT2D eigenvalue weighted by Crippen LogP contribution is 2.45. The molecule has 1 aliphatic rings. The quantitative estimate of drug-likeness (QED) is 0.155. The second-order valence-electron chi connectivity index (χ2n) is 10.0. The minimum Gasteiger partial charge on any atom is -0.494 e. The molecule has 0 fully saturated rings. The first-order chi connectivity index (χ1) is 20.8. The molecule has 1 aliphatic heterocycles. The van der Waals surface area contributed by atoms with E-state index < -0.39 is 11.6 Å². The maximum atomic E-state index is 14.4. The second-order valence-corrected chi connectivity index (χ2v) is 12.2. The Hall–Kier alpha value is -3.07. The molecule has 4 aromatic carbocycles. The fourth-order valence-electron chi connectivity index (χ4n) is 4.84. The minimum absolute atomic E-state index is 0.0526. The van der Waals surface area contributed by atoms with Crippen LogP contribution in [0.1, 0.15) is 34.8 Å². The molecule has 0 saturated heterocycles. The molecule has 6 nitrogen and oxygen atoms in total. The third kappa shape index (κ3) is 7.36. The average Bonchev–Trinajstić information content (AvgIpc) is 3.38. The molecule has 0 aromatic heterocycles. The van der Waals surface area contributed by atoms with Crippen LogP contribution in [0.25, 0.3) is 0 Å². The van der Waals surface area contributed by atoms with Crippen LogP contribution in [0.4, 0.5) is 0 Å². The van der Waals surface area contributed by atoms with E-state index in [1.54, 1.807) is 42.5 Å². The molecule has 0 unspecified atom stereocenters. The van der Waals surface area contributed by atoms with E-state index in [-0.39, 0.29) is 25.5 Å². The van der Waals surface area contributed by atoms with Gasteiger partial charge in [-0.1, -0.05) is 87.1 Å². The number of amides is 1. The number of halogens is 4. The van der Waals surface area contributed by atoms with Crippen molar-refractivity contribution in [1.29, 1.82) is 0 Å². The predicted molar refractivity (Wildman–Crippen MR) is 174 cm³/mol. The van der Waals surface area contributed by atoms with Crippen LogP contribution in [0.15, 0.2) is 100 Å². The van der Waals surface area contributed by atoms with Crippen LogP contribution in [0, 0.1) is 0 Å². The van der Waals surface area contributed by atoms with Gasteiger partial charge in [-0.2, -0.15) is 0 Å². The van der Waals surface area contributed by atoms with Crippen LogP contribution in [-0.4, -0.2) is 35.7 Å². The third-order valence-corrected chi connectivity index (χ3v) is 8.65. The first-order valence-electron chi connectivity index (χ1n) is 13.6. The Labute approximate surface area is 273 Å². The van der Waals surface area contributed by atoms with Crippen molar-refractivity contribution in [2.24, 2.45) is 4.99 Å². The number of carbonyl (C=O) groups excluding carboxylic acids is 1. The van der Waals surface area contributed by atoms with E-state index in [2.05, 4.69) is 21.2 Å². The van der Waals surface area contributed by atoms with Gasteiger partial charge in [-0.05, 0) is 65.7 Å². The van der Waals surface area contributed by atoms with Crippen LogP contribution in [0.3, 0.4) is 0 Å². The maximum Gasteiger partial charge on any atom is 0.252 e. The monoisotopic (exact) mass is 700 g/mol. The van der Waals surface area contributed by atoms with Crippen molar-refractivity contribution in [3.05, 3.63) is 133 Å². The first kappa shape index (κ1) is 31.4. The van der Waals surface area contributed by atoms with Gasteiger partial charge < -0.3 is 19.9 Å². The molecule has 0 spiro atoms. The van der Waals surface area contributed by atoms with Gasteiger partial charge in [-0.3, -0.25) is 4.79 Å². The number of hydrogen-bond acceptors (Lipinski definition) is 5. The van der Waals surface area contributed by atoms with E-state index in [1.165, 1.54) is 0 Å². The summed E-state index contributed by atoms with van der Waals surface area (Å²) in [6, 6.07) is 27.4. The highest BCUT2D eigenvalue weighted by Gasteiger charge is 2.54. The number of aliphatic imine (C=N–C) groups is 1. The largest absolute Gasteiger partial charge is 0.494 e. The molecule has 222 valence electrons. The van der Waals surface area contributed by atoms with Crippen LogP contribution in [0.2, 0.25) is 15.1 Å². The van der Waals surface area contributed by atoms with Crippen LogP contribution in [0.5, 0.6) is 5.75 Å². The Bertz CT molecular complexity index is 1620. The van der Waals surface area contributed by atoms with Crippen LogP contribution < -0.4 is 10.1 Å². The van der Waals surface area contributed by atoms with E-state index in [0.717, 1.165) is 15.6 Å². The van der Waals surface area contributed by atoms with E-state index in [1.807, 2.05) is 48.5 Å². The van der Waals surface area contributed by atoms with Gasteiger partial charge in [-0.15, -0.1) is 0 Å². The highest BCUT2D eigenvalue weighted by atomic mass is 79.9. The molecule has 2 atom stereocenters. The normalized spacial score (nSPS) is 17.7. The Morgan fingerprint density at radius 3 is 2.40 bits per heavy atom. The van der Waals surface area contributed by atoms with Crippen molar-refractivity contribution in [3.63, 3.8) is 0 Å². The standard InChI is InChI=1S/C33H28BrCl3N2O4/c34-28-5-2-1-4-23(28)19-33(32(41)38-20-21-6-10-24(35)11-7-21)30(27-15-12-25(36)18-29(27)37)43-31(39-33)22-8-13-26(14-9-22)42-17-3-16-40/h1-2,4-15,18,30,40H,3,16-17,19-20H2,(H,38,41)/t30-,33-/m1/s1. The van der Waals surface area contributed by atoms with Gasteiger partial charge in [0.1, 0.15) is 5.75 Å². The smallest absolute Gasteiger partial charge is 0.252 e. The lowest BCUT2D eigenvalue weighted by Gasteiger charge is -2.31. The fraction of sp³-hybridized carbons (Fsp3) is 0.212. The number of nitrogens with one attached hydrogen (secondary N) is 1. The number of carbonyl (C=O) groups is 1. The van der Waals surface area contributed by atoms with Crippen molar-refractivity contribution in [2.75, 3.05) is 13.2 Å². The molecule has 2 N–H and O–H groups in total. The molecular weight excluding hydrogens is 675 g/mol. The summed E-state index contributed by atoms with van der Waals surface area (Å²) in [5, 5.41) is 13.6. The van der Waals surface area contributed by atoms with E-state index in [4.69, 9.17) is 54.4 Å². The lowest BCUT2D eigenvalue weighted by atomic mass is 9.82. The van der Waals surface area contributed by atoms with Crippen molar-refractivity contribution >= 4 is 62.5 Å². The summed E-state index contributed by atoms with van der Waals surface area (Å²) in [6.07, 6.45) is -0.120. The summed E-state index contributed by atoms with van der Waals surface area (Å²) in [7, 11) is 0. The minimum atomic E-state index is -1.43. The molecule has 4 aromatic rings. The SMILES string of the molecule is O=C(NCc1ccc(Cl)cc1)[C@]1(Cc2ccccc2Br)N=C(c2ccc(OCCCO)cc2)O[C@@H]1c1ccc(Cl)cc1Cl. The summed E-state index contributed by atoms with van der Waals surface area (Å²) in [5.41, 5.74) is 1.58. The van der Waals surface area contributed by atoms with E-state index in [9.17, 15) is 4.79 Å². The highest BCUT2D eigenvalue weighted by molar-refractivity contribution is 9.10. The van der Waals surface area contributed by atoms with Crippen molar-refractivity contribution in [1.82, 2.24) is 5.32 Å². The van der Waals surface area contributed by atoms with Gasteiger partial charge in [0, 0.05) is 56.7 Å². The summed E-state index contributed by atoms with van der Waals surface area (Å²) >= 11 is 22.7. The molecule has 0 radical (unpaired) electrons. The zero-order valence-electron chi connectivity index (χ0n) is 22.9.